The van der Waals surface area contributed by atoms with E-state index in [2.05, 4.69) is 10.6 Å². The van der Waals surface area contributed by atoms with Crippen molar-refractivity contribution >= 4 is 29.2 Å². The molecule has 2 aromatic carbocycles. The Kier molecular flexibility index (Phi) is 8.49. The summed E-state index contributed by atoms with van der Waals surface area (Å²) >= 11 is 1.47. The molecule has 0 fully saturated rings. The van der Waals surface area contributed by atoms with Crippen molar-refractivity contribution in [1.82, 2.24) is 10.6 Å². The zero-order chi connectivity index (χ0) is 23.6. The topological polar surface area (TPSA) is 85.9 Å². The zero-order valence-electron chi connectivity index (χ0n) is 18.7. The van der Waals surface area contributed by atoms with Crippen LogP contribution in [-0.4, -0.2) is 39.7 Å². The maximum absolute atomic E-state index is 12.9. The molecule has 0 atom stereocenters. The van der Waals surface area contributed by atoms with Crippen LogP contribution >= 0.6 is 11.3 Å². The summed E-state index contributed by atoms with van der Waals surface area (Å²) in [6.45, 7) is 0.416. The molecule has 7 nitrogen and oxygen atoms in total. The largest absolute Gasteiger partial charge is 0.497 e. The van der Waals surface area contributed by atoms with Gasteiger partial charge in [-0.1, -0.05) is 18.2 Å². The molecule has 2 N–H and O–H groups in total. The maximum atomic E-state index is 12.9. The van der Waals surface area contributed by atoms with Crippen molar-refractivity contribution in [2.45, 2.75) is 6.42 Å². The second-order valence-electron chi connectivity index (χ2n) is 6.95. The Balaban J connectivity index is 1.70. The Morgan fingerprint density at radius 1 is 0.939 bits per heavy atom. The highest BCUT2D eigenvalue weighted by Gasteiger charge is 2.16. The number of hydrogen-bond acceptors (Lipinski definition) is 6. The van der Waals surface area contributed by atoms with Crippen molar-refractivity contribution in [3.63, 3.8) is 0 Å². The van der Waals surface area contributed by atoms with Crippen LogP contribution in [0.1, 0.15) is 20.8 Å². The van der Waals surface area contributed by atoms with E-state index >= 15 is 0 Å². The molecule has 0 saturated heterocycles. The number of nitrogens with one attached hydrogen (secondary N) is 2. The first-order chi connectivity index (χ1) is 16.0. The van der Waals surface area contributed by atoms with E-state index in [0.717, 1.165) is 16.2 Å². The molecule has 0 saturated carbocycles. The molecule has 33 heavy (non-hydrogen) atoms. The molecule has 172 valence electrons. The van der Waals surface area contributed by atoms with Gasteiger partial charge < -0.3 is 24.8 Å². The number of ether oxygens (including phenoxy) is 3. The van der Waals surface area contributed by atoms with Gasteiger partial charge in [-0.3, -0.25) is 9.59 Å². The van der Waals surface area contributed by atoms with Crippen LogP contribution < -0.4 is 24.8 Å². The number of amides is 2. The van der Waals surface area contributed by atoms with E-state index in [1.165, 1.54) is 25.6 Å². The summed E-state index contributed by atoms with van der Waals surface area (Å²) in [6, 6.07) is 16.2. The molecule has 0 radical (unpaired) electrons. The molecule has 0 spiro atoms. The lowest BCUT2D eigenvalue weighted by Crippen LogP contribution is -2.35. The molecule has 1 aromatic heterocycles. The van der Waals surface area contributed by atoms with Crippen molar-refractivity contribution in [1.29, 1.82) is 0 Å². The third kappa shape index (κ3) is 6.60. The lowest BCUT2D eigenvalue weighted by molar-refractivity contribution is -0.117. The van der Waals surface area contributed by atoms with Gasteiger partial charge in [0.25, 0.3) is 11.8 Å². The number of hydrogen-bond donors (Lipinski definition) is 2. The van der Waals surface area contributed by atoms with E-state index in [0.29, 0.717) is 30.0 Å². The first-order valence-electron chi connectivity index (χ1n) is 10.2. The van der Waals surface area contributed by atoms with Gasteiger partial charge in [0.2, 0.25) is 0 Å². The third-order valence-corrected chi connectivity index (χ3v) is 5.65. The fourth-order valence-corrected chi connectivity index (χ4v) is 3.71. The van der Waals surface area contributed by atoms with Crippen LogP contribution in [0.25, 0.3) is 6.08 Å². The molecule has 3 aromatic rings. The average molecular weight is 467 g/mol. The number of carbonyl (C=O) groups is 2. The van der Waals surface area contributed by atoms with Crippen molar-refractivity contribution in [2.75, 3.05) is 27.9 Å². The summed E-state index contributed by atoms with van der Waals surface area (Å²) in [5.41, 5.74) is 1.57. The predicted molar refractivity (Wildman–Crippen MR) is 129 cm³/mol. The molecular formula is C25H26N2O5S. The number of thiophene rings is 1. The normalized spacial score (nSPS) is 10.9. The van der Waals surface area contributed by atoms with E-state index in [1.807, 2.05) is 41.8 Å². The molecule has 0 aliphatic carbocycles. The molecule has 2 amide bonds. The fraction of sp³-hybridized carbons (Fsp3) is 0.200. The SMILES string of the molecule is COc1ccc(CCNC(=O)/C(=C/c2cccs2)NC(=O)c2ccc(OC)c(OC)c2)cc1. The van der Waals surface area contributed by atoms with E-state index < -0.39 is 5.91 Å². The van der Waals surface area contributed by atoms with Crippen molar-refractivity contribution < 1.29 is 23.8 Å². The highest BCUT2D eigenvalue weighted by atomic mass is 32.1. The van der Waals surface area contributed by atoms with Gasteiger partial charge >= 0.3 is 0 Å². The third-order valence-electron chi connectivity index (χ3n) is 4.83. The molecule has 1 heterocycles. The molecule has 0 aliphatic rings. The summed E-state index contributed by atoms with van der Waals surface area (Å²) in [6.07, 6.45) is 2.30. The molecule has 8 heteroatoms. The first kappa shape index (κ1) is 23.9. The fourth-order valence-electron chi connectivity index (χ4n) is 3.05. The van der Waals surface area contributed by atoms with Crippen molar-refractivity contribution in [2.24, 2.45) is 0 Å². The smallest absolute Gasteiger partial charge is 0.267 e. The molecule has 0 bridgehead atoms. The highest BCUT2D eigenvalue weighted by molar-refractivity contribution is 7.10. The molecule has 0 aliphatic heterocycles. The van der Waals surface area contributed by atoms with Gasteiger partial charge in [0.05, 0.1) is 21.3 Å². The summed E-state index contributed by atoms with van der Waals surface area (Å²) in [7, 11) is 4.64. The van der Waals surface area contributed by atoms with Crippen molar-refractivity contribution in [3.8, 4) is 17.2 Å². The maximum Gasteiger partial charge on any atom is 0.267 e. The zero-order valence-corrected chi connectivity index (χ0v) is 19.5. The van der Waals surface area contributed by atoms with Crippen LogP contribution in [0, 0.1) is 0 Å². The van der Waals surface area contributed by atoms with Crippen LogP contribution in [0.5, 0.6) is 17.2 Å². The van der Waals surface area contributed by atoms with Gasteiger partial charge in [-0.2, -0.15) is 0 Å². The van der Waals surface area contributed by atoms with Crippen molar-refractivity contribution in [3.05, 3.63) is 81.7 Å². The van der Waals surface area contributed by atoms with Gasteiger partial charge in [-0.15, -0.1) is 11.3 Å². The lowest BCUT2D eigenvalue weighted by atomic mass is 10.1. The van der Waals surface area contributed by atoms with E-state index in [9.17, 15) is 9.59 Å². The van der Waals surface area contributed by atoms with Crippen LogP contribution in [0.4, 0.5) is 0 Å². The monoisotopic (exact) mass is 466 g/mol. The van der Waals surface area contributed by atoms with Crippen LogP contribution in [-0.2, 0) is 11.2 Å². The highest BCUT2D eigenvalue weighted by Crippen LogP contribution is 2.27. The Bertz CT molecular complexity index is 1110. The summed E-state index contributed by atoms with van der Waals surface area (Å²) in [5.74, 6) is 0.925. The Hall–Kier alpha value is -3.78. The number of methoxy groups -OCH3 is 3. The lowest BCUT2D eigenvalue weighted by Gasteiger charge is -2.13. The van der Waals surface area contributed by atoms with Crippen LogP contribution in [0.15, 0.2) is 65.7 Å². The van der Waals surface area contributed by atoms with Gasteiger partial charge in [0.1, 0.15) is 11.4 Å². The van der Waals surface area contributed by atoms with Gasteiger partial charge in [-0.05, 0) is 59.8 Å². The Morgan fingerprint density at radius 3 is 2.33 bits per heavy atom. The number of carbonyl (C=O) groups excluding carboxylic acids is 2. The van der Waals surface area contributed by atoms with E-state index in [4.69, 9.17) is 14.2 Å². The Morgan fingerprint density at radius 2 is 1.70 bits per heavy atom. The molecular weight excluding hydrogens is 440 g/mol. The second kappa shape index (κ2) is 11.7. The summed E-state index contributed by atoms with van der Waals surface area (Å²) in [4.78, 5) is 26.6. The Labute approximate surface area is 197 Å². The average Bonchev–Trinajstić information content (AvgIpc) is 3.36. The number of rotatable bonds is 10. The van der Waals surface area contributed by atoms with Crippen LogP contribution in [0.3, 0.4) is 0 Å². The van der Waals surface area contributed by atoms with Crippen LogP contribution in [0.2, 0.25) is 0 Å². The minimum absolute atomic E-state index is 0.159. The number of benzene rings is 2. The molecule has 0 unspecified atom stereocenters. The van der Waals surface area contributed by atoms with E-state index in [1.54, 1.807) is 31.4 Å². The summed E-state index contributed by atoms with van der Waals surface area (Å²) < 4.78 is 15.6. The molecule has 3 rings (SSSR count). The quantitative estimate of drug-likeness (QED) is 0.443. The first-order valence-corrected chi connectivity index (χ1v) is 11.1. The predicted octanol–water partition coefficient (Wildman–Crippen LogP) is 3.90. The summed E-state index contributed by atoms with van der Waals surface area (Å²) in [5, 5.41) is 7.51. The van der Waals surface area contributed by atoms with Gasteiger partial charge in [-0.25, -0.2) is 0 Å². The van der Waals surface area contributed by atoms with E-state index in [-0.39, 0.29) is 11.6 Å². The minimum atomic E-state index is -0.427. The minimum Gasteiger partial charge on any atom is -0.497 e. The van der Waals surface area contributed by atoms with Gasteiger partial charge in [0, 0.05) is 17.0 Å². The van der Waals surface area contributed by atoms with Gasteiger partial charge in [0.15, 0.2) is 11.5 Å². The second-order valence-corrected chi connectivity index (χ2v) is 7.93. The standard InChI is InChI=1S/C25H26N2O5S/c1-30-19-9-6-17(7-10-19)12-13-26-25(29)21(16-20-5-4-14-33-20)27-24(28)18-8-11-22(31-2)23(15-18)32-3/h4-11,14-16H,12-13H2,1-3H3,(H,26,29)(H,27,28)/b21-16-.